The van der Waals surface area contributed by atoms with E-state index < -0.39 is 0 Å². The van der Waals surface area contributed by atoms with Gasteiger partial charge in [-0.15, -0.1) is 0 Å². The molecule has 0 N–H and O–H groups in total. The standard InChI is InChI=1S/C47H32N2O2/c1-47(2)42-19-11-10-16-36(42)37-25-24-32(28-43(37)47)48(31-22-20-30(21-23-31)29-12-4-3-5-13-29)33-26-40-34-14-6-8-17-38(34)45(50)49-44(40)41(27-33)35-15-7-9-18-39(35)46(49)51/h3-28H,1-2H3. The summed E-state index contributed by atoms with van der Waals surface area (Å²) < 4.78 is 1.38. The van der Waals surface area contributed by atoms with Crippen LogP contribution in [0, 0.1) is 0 Å². The minimum atomic E-state index is -0.291. The molecule has 0 aliphatic heterocycles. The minimum absolute atomic E-state index is 0.175. The molecular formula is C47H32N2O2. The Kier molecular flexibility index (Phi) is 6.19. The van der Waals surface area contributed by atoms with Gasteiger partial charge in [0, 0.05) is 44.0 Å². The molecule has 0 amide bonds. The lowest BCUT2D eigenvalue weighted by Gasteiger charge is -2.29. The third-order valence-corrected chi connectivity index (χ3v) is 10.9. The summed E-state index contributed by atoms with van der Waals surface area (Å²) >= 11 is 0. The molecule has 9 aromatic rings. The van der Waals surface area contributed by atoms with Crippen LogP contribution >= 0.6 is 0 Å². The normalized spacial score (nSPS) is 13.2. The fourth-order valence-corrected chi connectivity index (χ4v) is 8.46. The lowest BCUT2D eigenvalue weighted by molar-refractivity contribution is 0.660. The molecule has 2 aromatic heterocycles. The van der Waals surface area contributed by atoms with Crippen molar-refractivity contribution in [2.75, 3.05) is 4.90 Å². The number of hydrogen-bond donors (Lipinski definition) is 0. The van der Waals surface area contributed by atoms with Crippen molar-refractivity contribution in [2.45, 2.75) is 19.3 Å². The Bertz CT molecular complexity index is 2880. The SMILES string of the molecule is CC1(C)c2ccccc2-c2ccc(N(c3ccc(-c4ccccc4)cc3)c3cc4c5ccccc5c(=O)n5c(=O)c6ccccc6c(c3)c45)cc21. The summed E-state index contributed by atoms with van der Waals surface area (Å²) in [5.74, 6) is 0. The van der Waals surface area contributed by atoms with E-state index in [1.807, 2.05) is 54.6 Å². The highest BCUT2D eigenvalue weighted by molar-refractivity contribution is 6.19. The summed E-state index contributed by atoms with van der Waals surface area (Å²) in [6.45, 7) is 4.61. The van der Waals surface area contributed by atoms with Gasteiger partial charge in [-0.1, -0.05) is 123 Å². The second kappa shape index (κ2) is 10.7. The third-order valence-electron chi connectivity index (χ3n) is 10.9. The summed E-state index contributed by atoms with van der Waals surface area (Å²) in [7, 11) is 0. The second-order valence-electron chi connectivity index (χ2n) is 14.1. The van der Waals surface area contributed by atoms with E-state index in [2.05, 4.69) is 122 Å². The molecule has 4 nitrogen and oxygen atoms in total. The predicted octanol–water partition coefficient (Wildman–Crippen LogP) is 11.0. The second-order valence-corrected chi connectivity index (χ2v) is 14.1. The molecule has 2 heterocycles. The van der Waals surface area contributed by atoms with Gasteiger partial charge in [0.2, 0.25) is 0 Å². The van der Waals surface area contributed by atoms with Crippen molar-refractivity contribution >= 4 is 54.9 Å². The average molecular weight is 657 g/mol. The van der Waals surface area contributed by atoms with Gasteiger partial charge in [-0.3, -0.25) is 9.59 Å². The maximum absolute atomic E-state index is 14.0. The number of anilines is 3. The largest absolute Gasteiger partial charge is 0.310 e. The highest BCUT2D eigenvalue weighted by Crippen LogP contribution is 2.51. The maximum Gasteiger partial charge on any atom is 0.266 e. The smallest absolute Gasteiger partial charge is 0.266 e. The molecule has 51 heavy (non-hydrogen) atoms. The number of nitrogens with zero attached hydrogens (tertiary/aromatic N) is 2. The van der Waals surface area contributed by atoms with Crippen molar-refractivity contribution in [2.24, 2.45) is 0 Å². The van der Waals surface area contributed by atoms with E-state index in [1.165, 1.54) is 26.7 Å². The zero-order valence-corrected chi connectivity index (χ0v) is 28.2. The zero-order chi connectivity index (χ0) is 34.4. The van der Waals surface area contributed by atoms with Gasteiger partial charge < -0.3 is 4.90 Å². The highest BCUT2D eigenvalue weighted by Gasteiger charge is 2.36. The van der Waals surface area contributed by atoms with Crippen LogP contribution < -0.4 is 16.0 Å². The predicted molar refractivity (Wildman–Crippen MR) is 211 cm³/mol. The Morgan fingerprint density at radius 1 is 0.431 bits per heavy atom. The van der Waals surface area contributed by atoms with Gasteiger partial charge in [0.1, 0.15) is 0 Å². The van der Waals surface area contributed by atoms with Gasteiger partial charge in [-0.05, 0) is 92.7 Å². The molecule has 1 aliphatic carbocycles. The van der Waals surface area contributed by atoms with Crippen molar-refractivity contribution in [3.8, 4) is 22.3 Å². The van der Waals surface area contributed by atoms with Gasteiger partial charge >= 0.3 is 0 Å². The van der Waals surface area contributed by atoms with Gasteiger partial charge in [-0.2, -0.15) is 0 Å². The van der Waals surface area contributed by atoms with Gasteiger partial charge in [0.05, 0.1) is 5.52 Å². The fourth-order valence-electron chi connectivity index (χ4n) is 8.46. The van der Waals surface area contributed by atoms with E-state index >= 15 is 0 Å². The number of aromatic nitrogens is 1. The molecule has 0 unspecified atom stereocenters. The molecule has 0 saturated heterocycles. The van der Waals surface area contributed by atoms with Crippen LogP contribution in [0.15, 0.2) is 167 Å². The fraction of sp³-hybridized carbons (Fsp3) is 0.0638. The molecule has 0 atom stereocenters. The Labute approximate surface area is 294 Å². The van der Waals surface area contributed by atoms with Crippen LogP contribution in [0.4, 0.5) is 17.1 Å². The number of benzene rings is 7. The van der Waals surface area contributed by atoms with E-state index in [-0.39, 0.29) is 16.5 Å². The third kappa shape index (κ3) is 4.20. The summed E-state index contributed by atoms with van der Waals surface area (Å²) in [6.07, 6.45) is 0. The Morgan fingerprint density at radius 2 is 0.941 bits per heavy atom. The lowest BCUT2D eigenvalue weighted by Crippen LogP contribution is -2.27. The van der Waals surface area contributed by atoms with Crippen LogP contribution in [0.3, 0.4) is 0 Å². The van der Waals surface area contributed by atoms with E-state index in [0.717, 1.165) is 49.7 Å². The number of pyridine rings is 2. The maximum atomic E-state index is 14.0. The van der Waals surface area contributed by atoms with E-state index in [4.69, 9.17) is 0 Å². The first-order chi connectivity index (χ1) is 24.9. The molecule has 0 saturated carbocycles. The first-order valence-corrected chi connectivity index (χ1v) is 17.4. The van der Waals surface area contributed by atoms with Crippen LogP contribution in [0.1, 0.15) is 25.0 Å². The molecule has 1 aliphatic rings. The van der Waals surface area contributed by atoms with Crippen molar-refractivity contribution in [3.05, 3.63) is 190 Å². The van der Waals surface area contributed by atoms with Crippen LogP contribution in [-0.2, 0) is 5.41 Å². The first-order valence-electron chi connectivity index (χ1n) is 17.4. The molecule has 0 fully saturated rings. The van der Waals surface area contributed by atoms with Crippen LogP contribution in [0.25, 0.3) is 60.1 Å². The molecule has 0 bridgehead atoms. The number of rotatable bonds is 4. The average Bonchev–Trinajstić information content (AvgIpc) is 3.41. The summed E-state index contributed by atoms with van der Waals surface area (Å²) in [4.78, 5) is 30.3. The minimum Gasteiger partial charge on any atom is -0.310 e. The van der Waals surface area contributed by atoms with Gasteiger partial charge in [0.15, 0.2) is 0 Å². The number of fused-ring (bicyclic) bond motifs is 7. The van der Waals surface area contributed by atoms with Crippen LogP contribution in [-0.4, -0.2) is 4.40 Å². The molecule has 0 spiro atoms. The highest BCUT2D eigenvalue weighted by atomic mass is 16.2. The van der Waals surface area contributed by atoms with Crippen molar-refractivity contribution in [3.63, 3.8) is 0 Å². The quantitative estimate of drug-likeness (QED) is 0.140. The van der Waals surface area contributed by atoms with Crippen LogP contribution in [0.2, 0.25) is 0 Å². The number of hydrogen-bond acceptors (Lipinski definition) is 3. The lowest BCUT2D eigenvalue weighted by atomic mass is 9.82. The van der Waals surface area contributed by atoms with Crippen molar-refractivity contribution < 1.29 is 0 Å². The Hall–Kier alpha value is -6.52. The Morgan fingerprint density at radius 3 is 1.59 bits per heavy atom. The zero-order valence-electron chi connectivity index (χ0n) is 28.2. The molecule has 242 valence electrons. The van der Waals surface area contributed by atoms with Gasteiger partial charge in [-0.25, -0.2) is 4.40 Å². The van der Waals surface area contributed by atoms with Crippen molar-refractivity contribution in [1.29, 1.82) is 0 Å². The van der Waals surface area contributed by atoms with Gasteiger partial charge in [0.25, 0.3) is 11.1 Å². The monoisotopic (exact) mass is 656 g/mol. The van der Waals surface area contributed by atoms with Crippen molar-refractivity contribution in [1.82, 2.24) is 4.40 Å². The molecule has 4 heteroatoms. The summed E-state index contributed by atoms with van der Waals surface area (Å²) in [5.41, 5.74) is 10.3. The summed E-state index contributed by atoms with van der Waals surface area (Å²) in [5, 5.41) is 4.43. The van der Waals surface area contributed by atoms with E-state index in [1.54, 1.807) is 0 Å². The Balaban J connectivity index is 1.29. The molecule has 10 rings (SSSR count). The van der Waals surface area contributed by atoms with Crippen LogP contribution in [0.5, 0.6) is 0 Å². The van der Waals surface area contributed by atoms with E-state index in [9.17, 15) is 9.59 Å². The topological polar surface area (TPSA) is 41.8 Å². The van der Waals surface area contributed by atoms with E-state index in [0.29, 0.717) is 16.3 Å². The molecule has 7 aromatic carbocycles. The first kappa shape index (κ1) is 29.4. The molecular weight excluding hydrogens is 625 g/mol. The summed E-state index contributed by atoms with van der Waals surface area (Å²) in [6, 6.07) is 54.2. The molecule has 0 radical (unpaired) electrons.